The lowest BCUT2D eigenvalue weighted by Crippen LogP contribution is -2.39. The van der Waals surface area contributed by atoms with Gasteiger partial charge in [0, 0.05) is 6.61 Å². The van der Waals surface area contributed by atoms with Crippen LogP contribution >= 0.6 is 0 Å². The Labute approximate surface area is 137 Å². The molecule has 4 aliphatic rings. The fourth-order valence-electron chi connectivity index (χ4n) is 5.20. The van der Waals surface area contributed by atoms with Crippen molar-refractivity contribution in [2.75, 3.05) is 13.4 Å². The molecule has 4 rings (SSSR count). The summed E-state index contributed by atoms with van der Waals surface area (Å²) in [7, 11) is 0. The SMILES string of the molecule is CCOC(CC)OCOC(=O)C1CC2OC1C1C3C=CC(C3)C21. The molecule has 2 saturated heterocycles. The van der Waals surface area contributed by atoms with Gasteiger partial charge in [0.1, 0.15) is 0 Å². The predicted molar refractivity (Wildman–Crippen MR) is 82.2 cm³/mol. The fraction of sp³-hybridized carbons (Fsp3) is 0.833. The Balaban J connectivity index is 1.30. The van der Waals surface area contributed by atoms with Crippen molar-refractivity contribution in [2.45, 2.75) is 51.6 Å². The monoisotopic (exact) mass is 322 g/mol. The van der Waals surface area contributed by atoms with Gasteiger partial charge in [-0.2, -0.15) is 0 Å². The minimum atomic E-state index is -0.302. The molecule has 23 heavy (non-hydrogen) atoms. The van der Waals surface area contributed by atoms with Crippen molar-refractivity contribution in [1.29, 1.82) is 0 Å². The molecule has 5 heteroatoms. The van der Waals surface area contributed by atoms with E-state index in [1.54, 1.807) is 0 Å². The maximum Gasteiger partial charge on any atom is 0.313 e. The van der Waals surface area contributed by atoms with Crippen molar-refractivity contribution < 1.29 is 23.7 Å². The van der Waals surface area contributed by atoms with Gasteiger partial charge in [-0.25, -0.2) is 0 Å². The first-order chi connectivity index (χ1) is 11.2. The average molecular weight is 322 g/mol. The molecule has 0 radical (unpaired) electrons. The summed E-state index contributed by atoms with van der Waals surface area (Å²) in [5.74, 6) is 2.15. The van der Waals surface area contributed by atoms with E-state index in [4.69, 9.17) is 18.9 Å². The standard InChI is InChI=1S/C18H26O5/c1-3-14(20-4-2)21-9-22-18(19)12-8-13-15-10-5-6-11(7-10)16(15)17(12)23-13/h5-6,10-17H,3-4,7-9H2,1-2H3. The second-order valence-corrected chi connectivity index (χ2v) is 7.13. The van der Waals surface area contributed by atoms with Crippen LogP contribution in [0.25, 0.3) is 0 Å². The minimum absolute atomic E-state index is 0.0364. The zero-order valence-corrected chi connectivity index (χ0v) is 13.9. The van der Waals surface area contributed by atoms with Crippen LogP contribution in [0.1, 0.15) is 33.1 Å². The van der Waals surface area contributed by atoms with Gasteiger partial charge in [0.2, 0.25) is 0 Å². The van der Waals surface area contributed by atoms with Crippen molar-refractivity contribution in [1.82, 2.24) is 0 Å². The van der Waals surface area contributed by atoms with E-state index < -0.39 is 0 Å². The number of fused-ring (bicyclic) bond motifs is 9. The molecule has 0 aromatic rings. The molecule has 2 heterocycles. The second-order valence-electron chi connectivity index (χ2n) is 7.13. The maximum atomic E-state index is 12.4. The summed E-state index contributed by atoms with van der Waals surface area (Å²) in [5, 5.41) is 0. The molecule has 2 aliphatic heterocycles. The van der Waals surface area contributed by atoms with Gasteiger partial charge >= 0.3 is 5.97 Å². The topological polar surface area (TPSA) is 54.0 Å². The number of hydrogen-bond acceptors (Lipinski definition) is 5. The van der Waals surface area contributed by atoms with Crippen LogP contribution in [-0.4, -0.2) is 37.9 Å². The highest BCUT2D eigenvalue weighted by Gasteiger charge is 2.64. The number of hydrogen-bond donors (Lipinski definition) is 0. The zero-order chi connectivity index (χ0) is 16.0. The summed E-state index contributed by atoms with van der Waals surface area (Å²) in [6.07, 6.45) is 7.48. The van der Waals surface area contributed by atoms with Crippen molar-refractivity contribution in [3.05, 3.63) is 12.2 Å². The molecule has 2 aliphatic carbocycles. The first-order valence-corrected chi connectivity index (χ1v) is 8.96. The molecular formula is C18H26O5. The first-order valence-electron chi connectivity index (χ1n) is 8.96. The molecule has 5 nitrogen and oxygen atoms in total. The number of allylic oxidation sites excluding steroid dienone is 2. The van der Waals surface area contributed by atoms with Crippen LogP contribution in [0.15, 0.2) is 12.2 Å². The molecule has 128 valence electrons. The van der Waals surface area contributed by atoms with E-state index >= 15 is 0 Å². The van der Waals surface area contributed by atoms with Gasteiger partial charge in [0.15, 0.2) is 13.1 Å². The molecule has 0 amide bonds. The molecule has 8 unspecified atom stereocenters. The van der Waals surface area contributed by atoms with Gasteiger partial charge in [0.25, 0.3) is 0 Å². The summed E-state index contributed by atoms with van der Waals surface area (Å²) in [5.41, 5.74) is 0. The molecule has 0 aromatic heterocycles. The summed E-state index contributed by atoms with van der Waals surface area (Å²) >= 11 is 0. The number of carbonyl (C=O) groups is 1. The van der Waals surface area contributed by atoms with Crippen molar-refractivity contribution in [2.24, 2.45) is 29.6 Å². The van der Waals surface area contributed by atoms with Gasteiger partial charge in [-0.3, -0.25) is 4.79 Å². The van der Waals surface area contributed by atoms with Crippen LogP contribution in [0.4, 0.5) is 0 Å². The third-order valence-corrected chi connectivity index (χ3v) is 6.05. The quantitative estimate of drug-likeness (QED) is 0.409. The third-order valence-electron chi connectivity index (χ3n) is 6.05. The highest BCUT2D eigenvalue weighted by Crippen LogP contribution is 2.61. The Morgan fingerprint density at radius 1 is 1.17 bits per heavy atom. The molecule has 3 fully saturated rings. The first kappa shape index (κ1) is 15.6. The number of rotatable bonds is 7. The van der Waals surface area contributed by atoms with Gasteiger partial charge in [0.05, 0.1) is 18.1 Å². The molecular weight excluding hydrogens is 296 g/mol. The molecule has 0 N–H and O–H groups in total. The summed E-state index contributed by atoms with van der Waals surface area (Å²) < 4.78 is 22.3. The van der Waals surface area contributed by atoms with Crippen molar-refractivity contribution >= 4 is 5.97 Å². The summed E-state index contributed by atoms with van der Waals surface area (Å²) in [6.45, 7) is 4.45. The van der Waals surface area contributed by atoms with E-state index in [9.17, 15) is 4.79 Å². The van der Waals surface area contributed by atoms with Crippen LogP contribution in [0, 0.1) is 29.6 Å². The number of carbonyl (C=O) groups excluding carboxylic acids is 1. The van der Waals surface area contributed by atoms with Crippen LogP contribution in [0.3, 0.4) is 0 Å². The Kier molecular flexibility index (Phi) is 4.20. The van der Waals surface area contributed by atoms with E-state index in [-0.39, 0.29) is 37.2 Å². The summed E-state index contributed by atoms with van der Waals surface area (Å²) in [4.78, 5) is 12.4. The lowest BCUT2D eigenvalue weighted by atomic mass is 9.69. The highest BCUT2D eigenvalue weighted by molar-refractivity contribution is 5.74. The van der Waals surface area contributed by atoms with Crippen molar-refractivity contribution in [3.8, 4) is 0 Å². The van der Waals surface area contributed by atoms with Crippen LogP contribution in [0.5, 0.6) is 0 Å². The minimum Gasteiger partial charge on any atom is -0.438 e. The Morgan fingerprint density at radius 3 is 2.70 bits per heavy atom. The summed E-state index contributed by atoms with van der Waals surface area (Å²) in [6, 6.07) is 0. The van der Waals surface area contributed by atoms with Gasteiger partial charge in [-0.1, -0.05) is 19.1 Å². The third kappa shape index (κ3) is 2.53. The van der Waals surface area contributed by atoms with Crippen LogP contribution < -0.4 is 0 Å². The van der Waals surface area contributed by atoms with Crippen LogP contribution in [0.2, 0.25) is 0 Å². The Morgan fingerprint density at radius 2 is 1.96 bits per heavy atom. The van der Waals surface area contributed by atoms with Crippen molar-refractivity contribution in [3.63, 3.8) is 0 Å². The highest BCUT2D eigenvalue weighted by atomic mass is 16.8. The molecule has 4 bridgehead atoms. The molecule has 0 spiro atoms. The molecule has 8 atom stereocenters. The average Bonchev–Trinajstić information content (AvgIpc) is 3.31. The zero-order valence-electron chi connectivity index (χ0n) is 13.9. The lowest BCUT2D eigenvalue weighted by Gasteiger charge is -2.32. The number of esters is 1. The van der Waals surface area contributed by atoms with E-state index in [1.165, 1.54) is 6.42 Å². The van der Waals surface area contributed by atoms with Gasteiger partial charge in [-0.15, -0.1) is 0 Å². The van der Waals surface area contributed by atoms with E-state index in [1.807, 2.05) is 13.8 Å². The Bertz CT molecular complexity index is 490. The van der Waals surface area contributed by atoms with E-state index in [0.717, 1.165) is 12.8 Å². The van der Waals surface area contributed by atoms with E-state index in [2.05, 4.69) is 12.2 Å². The Hall–Kier alpha value is -0.910. The second kappa shape index (κ2) is 6.19. The maximum absolute atomic E-state index is 12.4. The predicted octanol–water partition coefficient (Wildman–Crippen LogP) is 2.50. The fourth-order valence-corrected chi connectivity index (χ4v) is 5.20. The smallest absolute Gasteiger partial charge is 0.313 e. The van der Waals surface area contributed by atoms with Gasteiger partial charge in [-0.05, 0) is 49.9 Å². The lowest BCUT2D eigenvalue weighted by molar-refractivity contribution is -0.202. The normalized spacial score (nSPS) is 43.8. The largest absolute Gasteiger partial charge is 0.438 e. The molecule has 1 saturated carbocycles. The van der Waals surface area contributed by atoms with Gasteiger partial charge < -0.3 is 18.9 Å². The molecule has 0 aromatic carbocycles. The van der Waals surface area contributed by atoms with E-state index in [0.29, 0.717) is 30.3 Å². The van der Waals surface area contributed by atoms with Crippen LogP contribution in [-0.2, 0) is 23.7 Å². The number of ether oxygens (including phenoxy) is 4.